The van der Waals surface area contributed by atoms with Crippen LogP contribution in [0.1, 0.15) is 10.4 Å². The highest BCUT2D eigenvalue weighted by Crippen LogP contribution is 2.36. The van der Waals surface area contributed by atoms with E-state index in [-0.39, 0.29) is 11.5 Å². The van der Waals surface area contributed by atoms with Gasteiger partial charge in [0.2, 0.25) is 5.95 Å². The third-order valence-corrected chi connectivity index (χ3v) is 6.28. The van der Waals surface area contributed by atoms with Crippen molar-refractivity contribution in [1.82, 2.24) is 19.6 Å². The van der Waals surface area contributed by atoms with Gasteiger partial charge in [-0.25, -0.2) is 18.9 Å². The molecule has 8 nitrogen and oxygen atoms in total. The van der Waals surface area contributed by atoms with E-state index in [2.05, 4.69) is 25.3 Å². The number of aromatic nitrogens is 4. The lowest BCUT2D eigenvalue weighted by Gasteiger charge is -2.13. The Morgan fingerprint density at radius 1 is 0.860 bits per heavy atom. The second-order valence-electron chi connectivity index (χ2n) is 9.23. The number of nitrogens with one attached hydrogen (secondary N) is 2. The molecule has 0 bridgehead atoms. The first-order valence-electron chi connectivity index (χ1n) is 12.8. The van der Waals surface area contributed by atoms with Crippen LogP contribution in [0.2, 0.25) is 0 Å². The minimum Gasteiger partial charge on any atom is -0.405 e. The number of nitrogens with zero attached hydrogens (tertiary/aromatic N) is 4. The first-order chi connectivity index (χ1) is 20.7. The van der Waals surface area contributed by atoms with Crippen LogP contribution in [-0.4, -0.2) is 31.9 Å². The lowest BCUT2D eigenvalue weighted by atomic mass is 10.0. The van der Waals surface area contributed by atoms with E-state index in [0.29, 0.717) is 33.9 Å². The normalized spacial score (nSPS) is 11.3. The fourth-order valence-electron chi connectivity index (χ4n) is 4.52. The third kappa shape index (κ3) is 6.12. The molecule has 214 valence electrons. The average Bonchev–Trinajstić information content (AvgIpc) is 3.37. The maximum atomic E-state index is 13.7. The highest BCUT2D eigenvalue weighted by atomic mass is 19.4. The Bertz CT molecular complexity index is 1960. The van der Waals surface area contributed by atoms with Crippen molar-refractivity contribution in [3.05, 3.63) is 121 Å². The Labute approximate surface area is 241 Å². The van der Waals surface area contributed by atoms with Gasteiger partial charge in [-0.05, 0) is 60.7 Å². The van der Waals surface area contributed by atoms with Crippen LogP contribution in [0.15, 0.2) is 109 Å². The third-order valence-electron chi connectivity index (χ3n) is 6.28. The number of benzene rings is 3. The van der Waals surface area contributed by atoms with Gasteiger partial charge in [-0.3, -0.25) is 4.79 Å². The first kappa shape index (κ1) is 27.4. The van der Waals surface area contributed by atoms with Gasteiger partial charge in [-0.1, -0.05) is 36.4 Å². The Morgan fingerprint density at radius 3 is 2.49 bits per heavy atom. The molecule has 0 saturated carbocycles. The number of hydrogen-bond acceptors (Lipinski definition) is 6. The maximum Gasteiger partial charge on any atom is 0.573 e. The predicted molar refractivity (Wildman–Crippen MR) is 152 cm³/mol. The summed E-state index contributed by atoms with van der Waals surface area (Å²) in [5.74, 6) is -1.56. The van der Waals surface area contributed by atoms with E-state index < -0.39 is 23.8 Å². The monoisotopic (exact) mass is 584 g/mol. The van der Waals surface area contributed by atoms with Crippen LogP contribution < -0.4 is 15.4 Å². The number of alkyl halides is 3. The van der Waals surface area contributed by atoms with Gasteiger partial charge in [0, 0.05) is 29.3 Å². The van der Waals surface area contributed by atoms with Crippen molar-refractivity contribution in [2.75, 3.05) is 10.6 Å². The Morgan fingerprint density at radius 2 is 1.65 bits per heavy atom. The molecule has 0 aliphatic rings. The number of fused-ring (bicyclic) bond motifs is 1. The molecule has 43 heavy (non-hydrogen) atoms. The number of carbonyl (C=O) groups is 1. The van der Waals surface area contributed by atoms with Crippen molar-refractivity contribution in [3.8, 4) is 28.3 Å². The molecule has 0 fully saturated rings. The molecule has 0 spiro atoms. The number of para-hydroxylation sites is 1. The number of rotatable bonds is 7. The summed E-state index contributed by atoms with van der Waals surface area (Å²) in [6.45, 7) is 0. The van der Waals surface area contributed by atoms with E-state index in [1.165, 1.54) is 30.3 Å². The minimum atomic E-state index is -4.95. The van der Waals surface area contributed by atoms with E-state index in [1.807, 2.05) is 18.2 Å². The van der Waals surface area contributed by atoms with Gasteiger partial charge >= 0.3 is 6.36 Å². The van der Waals surface area contributed by atoms with Crippen LogP contribution in [0.4, 0.5) is 34.9 Å². The molecule has 0 aliphatic carbocycles. The molecule has 0 atom stereocenters. The summed E-state index contributed by atoms with van der Waals surface area (Å²) >= 11 is 0. The zero-order valence-electron chi connectivity index (χ0n) is 22.0. The van der Waals surface area contributed by atoms with E-state index >= 15 is 0 Å². The predicted octanol–water partition coefficient (Wildman–Crippen LogP) is 7.49. The lowest BCUT2D eigenvalue weighted by molar-refractivity contribution is -0.274. The lowest BCUT2D eigenvalue weighted by Crippen LogP contribution is -2.20. The Balaban J connectivity index is 1.36. The molecule has 2 N–H and O–H groups in total. The Hall–Kier alpha value is -5.78. The zero-order valence-corrected chi connectivity index (χ0v) is 22.0. The topological polar surface area (TPSA) is 93.4 Å². The molecular formula is C31H20F4N6O2. The van der Waals surface area contributed by atoms with Gasteiger partial charge in [0.05, 0.1) is 22.3 Å². The summed E-state index contributed by atoms with van der Waals surface area (Å²) in [4.78, 5) is 21.9. The second-order valence-corrected chi connectivity index (χ2v) is 9.23. The summed E-state index contributed by atoms with van der Waals surface area (Å²) in [5.41, 5.74) is 3.58. The quantitative estimate of drug-likeness (QED) is 0.189. The van der Waals surface area contributed by atoms with Gasteiger partial charge in [0.15, 0.2) is 0 Å². The zero-order chi connectivity index (χ0) is 30.0. The van der Waals surface area contributed by atoms with E-state index in [9.17, 15) is 22.4 Å². The smallest absolute Gasteiger partial charge is 0.405 e. The SMILES string of the molecule is O=C(Nc1cccc(-c2nn3ccccc3c2-c2ccnc(Nc3cccc(F)c3)n2)c1)c1ccccc1OC(F)(F)F. The minimum absolute atomic E-state index is 0.241. The summed E-state index contributed by atoms with van der Waals surface area (Å²) in [7, 11) is 0. The van der Waals surface area contributed by atoms with Crippen LogP contribution in [0.5, 0.6) is 5.75 Å². The molecule has 0 saturated heterocycles. The summed E-state index contributed by atoms with van der Waals surface area (Å²) < 4.78 is 58.1. The van der Waals surface area contributed by atoms with Gasteiger partial charge in [-0.15, -0.1) is 13.2 Å². The fourth-order valence-corrected chi connectivity index (χ4v) is 4.52. The highest BCUT2D eigenvalue weighted by molar-refractivity contribution is 6.06. The van der Waals surface area contributed by atoms with Crippen molar-refractivity contribution in [2.45, 2.75) is 6.36 Å². The summed E-state index contributed by atoms with van der Waals surface area (Å²) in [6, 6.07) is 25.0. The first-order valence-corrected chi connectivity index (χ1v) is 12.8. The number of pyridine rings is 1. The molecule has 12 heteroatoms. The van der Waals surface area contributed by atoms with Crippen molar-refractivity contribution >= 4 is 28.7 Å². The number of ether oxygens (including phenoxy) is 1. The molecular weight excluding hydrogens is 564 g/mol. The second kappa shape index (κ2) is 11.2. The van der Waals surface area contributed by atoms with Gasteiger partial charge in [0.25, 0.3) is 5.91 Å². The highest BCUT2D eigenvalue weighted by Gasteiger charge is 2.33. The molecule has 0 unspecified atom stereocenters. The van der Waals surface area contributed by atoms with Gasteiger partial charge in [-0.2, -0.15) is 5.10 Å². The van der Waals surface area contributed by atoms with Crippen molar-refractivity contribution in [1.29, 1.82) is 0 Å². The van der Waals surface area contributed by atoms with E-state index in [0.717, 1.165) is 11.6 Å². The van der Waals surface area contributed by atoms with Crippen LogP contribution in [-0.2, 0) is 0 Å². The molecule has 6 aromatic rings. The van der Waals surface area contributed by atoms with Crippen molar-refractivity contribution in [2.24, 2.45) is 0 Å². The average molecular weight is 585 g/mol. The van der Waals surface area contributed by atoms with E-state index in [4.69, 9.17) is 5.10 Å². The molecule has 1 amide bonds. The van der Waals surface area contributed by atoms with Gasteiger partial charge in [0.1, 0.15) is 17.3 Å². The number of halogens is 4. The molecule has 3 heterocycles. The van der Waals surface area contributed by atoms with Crippen molar-refractivity contribution in [3.63, 3.8) is 0 Å². The van der Waals surface area contributed by atoms with Crippen LogP contribution in [0.25, 0.3) is 28.0 Å². The molecule has 6 rings (SSSR count). The van der Waals surface area contributed by atoms with E-state index in [1.54, 1.807) is 59.4 Å². The fraction of sp³-hybridized carbons (Fsp3) is 0.0323. The van der Waals surface area contributed by atoms with Crippen LogP contribution in [0.3, 0.4) is 0 Å². The molecule has 0 radical (unpaired) electrons. The summed E-state index contributed by atoms with van der Waals surface area (Å²) in [6.07, 6.45) is -1.61. The molecule has 0 aliphatic heterocycles. The number of anilines is 3. The van der Waals surface area contributed by atoms with Crippen LogP contribution in [0, 0.1) is 5.82 Å². The molecule has 3 aromatic carbocycles. The summed E-state index contributed by atoms with van der Waals surface area (Å²) in [5, 5.41) is 10.4. The Kier molecular flexibility index (Phi) is 7.16. The maximum absolute atomic E-state index is 13.7. The number of amides is 1. The van der Waals surface area contributed by atoms with Crippen LogP contribution >= 0.6 is 0 Å². The van der Waals surface area contributed by atoms with Crippen molar-refractivity contribution < 1.29 is 27.1 Å². The largest absolute Gasteiger partial charge is 0.573 e. The molecule has 3 aromatic heterocycles. The number of hydrogen-bond donors (Lipinski definition) is 2. The number of carbonyl (C=O) groups excluding carboxylic acids is 1. The van der Waals surface area contributed by atoms with Gasteiger partial charge < -0.3 is 15.4 Å². The standard InChI is InChI=1S/C31H20F4N6O2/c32-20-8-6-10-22(18-20)38-30-36-15-14-24(39-30)27-25-12-3-4-16-41(25)40-28(27)19-7-5-9-21(17-19)37-29(42)23-11-1-2-13-26(23)43-31(33,34)35/h1-18H,(H,37,42)(H,36,38,39).